The van der Waals surface area contributed by atoms with Gasteiger partial charge < -0.3 is 91.1 Å². The number of aliphatic hydroxyl groups excluding tert-OH is 2. The Morgan fingerprint density at radius 3 is 1.52 bits per heavy atom. The largest absolute Gasteiger partial charge is 0.508 e. The number of guanidine groups is 2. The lowest BCUT2D eigenvalue weighted by atomic mass is 9.87. The molecule has 1 saturated heterocycles. The number of carbonyl (C=O) groups is 13. The van der Waals surface area contributed by atoms with Crippen molar-refractivity contribution in [1.82, 2.24) is 31.5 Å². The molecule has 32 heteroatoms. The number of ketones is 5. The summed E-state index contributed by atoms with van der Waals surface area (Å²) >= 11 is 1.33. The molecule has 0 unspecified atom stereocenters. The van der Waals surface area contributed by atoms with Crippen molar-refractivity contribution in [2.45, 2.75) is 206 Å². The lowest BCUT2D eigenvalue weighted by Gasteiger charge is -2.31. The molecular weight excluding hydrogens is 1300 g/mol. The molecule has 1 aliphatic rings. The molecule has 31 nitrogen and oxygen atoms in total. The van der Waals surface area contributed by atoms with Gasteiger partial charge in [0.25, 0.3) is 0 Å². The van der Waals surface area contributed by atoms with E-state index in [0.717, 1.165) is 6.92 Å². The van der Waals surface area contributed by atoms with Crippen molar-refractivity contribution >= 4 is 99.9 Å². The molecule has 99 heavy (non-hydrogen) atoms. The van der Waals surface area contributed by atoms with Crippen molar-refractivity contribution in [1.29, 1.82) is 0 Å². The van der Waals surface area contributed by atoms with E-state index in [-0.39, 0.29) is 145 Å². The van der Waals surface area contributed by atoms with Gasteiger partial charge >= 0.3 is 5.97 Å². The van der Waals surface area contributed by atoms with Gasteiger partial charge in [0.1, 0.15) is 29.7 Å². The summed E-state index contributed by atoms with van der Waals surface area (Å²) < 4.78 is 0. The van der Waals surface area contributed by atoms with Crippen molar-refractivity contribution < 1.29 is 82.8 Å². The highest BCUT2D eigenvalue weighted by Crippen LogP contribution is 2.26. The van der Waals surface area contributed by atoms with Gasteiger partial charge in [-0.1, -0.05) is 39.8 Å². The van der Waals surface area contributed by atoms with E-state index in [9.17, 15) is 82.8 Å². The van der Waals surface area contributed by atoms with Gasteiger partial charge in [-0.3, -0.25) is 67.5 Å². The Kier molecular flexibility index (Phi) is 40.0. The summed E-state index contributed by atoms with van der Waals surface area (Å²) in [6, 6.07) is -2.42. The van der Waals surface area contributed by atoms with E-state index >= 15 is 0 Å². The van der Waals surface area contributed by atoms with Crippen LogP contribution < -0.4 is 61.0 Å². The number of carbonyl (C=O) groups excluding carboxylic acids is 12. The highest BCUT2D eigenvalue weighted by Gasteiger charge is 2.42. The highest BCUT2D eigenvalue weighted by molar-refractivity contribution is 7.98. The number of likely N-dealkylation sites (tertiary alicyclic amines) is 1. The summed E-state index contributed by atoms with van der Waals surface area (Å²) in [6.45, 7) is 9.46. The van der Waals surface area contributed by atoms with Crippen LogP contribution in [0.2, 0.25) is 0 Å². The molecular formula is C67H110N14O17S. The minimum absolute atomic E-state index is 0.00592. The second kappa shape index (κ2) is 45.5. The standard InChI is InChI=1S/C67H110N14O17S/c1-37(2)27-42(59(69)92)31-53(86)49(14-10-23-74-66(70)71)78-61(94)44(30-41-17-19-47(85)20-18-41)32-54(87)48(13-8-9-22-68)76-62(95)45(35-57(90)91)33-56(89)58(40(6)84)80-64(97)52-16-12-25-81(52)65(98)51(21-26-99-7)79-63(96)46(36-82)34-55(88)50(15-11-24-75-67(72)73)77-60(93)43(28-38(3)4)29-39(5)83/h17-20,37-38,40,42-46,48-52,58,82,84-85H,8-16,21-36,68H2,1-7H3,(H2,69,92)(H,76,95)(H,77,93)(H,78,94)(H,79,96)(H,80,97)(H,90,91)(H4,70,71,74)(H4,72,73,75)/t40-,42-,43-,44-,45+,46+,48+,49+,50+,51+,52+,58+/m1/s1. The molecule has 0 spiro atoms. The molecule has 1 aromatic carbocycles. The summed E-state index contributed by atoms with van der Waals surface area (Å²) in [7, 11) is 0. The number of hydrogen-bond acceptors (Lipinski definition) is 20. The van der Waals surface area contributed by atoms with Gasteiger partial charge in [-0.2, -0.15) is 11.8 Å². The fraction of sp³-hybridized carbons (Fsp3) is 0.687. The Labute approximate surface area is 583 Å². The van der Waals surface area contributed by atoms with E-state index in [2.05, 4.69) is 36.6 Å². The zero-order valence-electron chi connectivity index (χ0n) is 58.4. The van der Waals surface area contributed by atoms with E-state index < -0.39 is 175 Å². The first-order chi connectivity index (χ1) is 46.6. The van der Waals surface area contributed by atoms with Crippen molar-refractivity contribution in [3.05, 3.63) is 29.8 Å². The molecule has 0 bridgehead atoms. The number of thioether (sulfide) groups is 1. The molecule has 1 fully saturated rings. The van der Waals surface area contributed by atoms with Crippen LogP contribution in [-0.2, 0) is 68.7 Å². The molecule has 0 aromatic heterocycles. The maximum atomic E-state index is 14.6. The fourth-order valence-electron chi connectivity index (χ4n) is 11.8. The number of primary amides is 1. The molecule has 7 amide bonds. The zero-order chi connectivity index (χ0) is 74.6. The predicted octanol–water partition coefficient (Wildman–Crippen LogP) is -0.339. The SMILES string of the molecule is CSCC[C@H](NC(=O)[C@H](CO)CC(=O)[C@H](CCCN=C(N)N)NC(=O)[C@@H](CC(C)=O)CC(C)C)C(=O)N1CCC[C@H]1C(=O)N[C@H](C(=O)C[C@@H](CC(=O)O)C(=O)N[C@@H](CCCCN)C(=O)C[C@@H](Cc1ccc(O)cc1)C(=O)N[C@@H](CCCN=C(N)N)C(=O)C[C@@H](CC(C)C)C(N)=O)[C@@H](C)O. The number of aliphatic carboxylic acids is 1. The Morgan fingerprint density at radius 1 is 0.586 bits per heavy atom. The second-order valence-corrected chi connectivity index (χ2v) is 27.5. The lowest BCUT2D eigenvalue weighted by Crippen LogP contribution is -2.57. The van der Waals surface area contributed by atoms with Gasteiger partial charge in [0, 0.05) is 69.5 Å². The number of phenolic OH excluding ortho intramolecular Hbond substituents is 1. The number of carboxylic acids is 1. The number of amides is 7. The van der Waals surface area contributed by atoms with E-state index in [1.54, 1.807) is 6.26 Å². The monoisotopic (exact) mass is 1410 g/mol. The van der Waals surface area contributed by atoms with Crippen LogP contribution in [0.1, 0.15) is 163 Å². The smallest absolute Gasteiger partial charge is 0.304 e. The van der Waals surface area contributed by atoms with Crippen LogP contribution in [0.4, 0.5) is 0 Å². The van der Waals surface area contributed by atoms with E-state index in [1.807, 2.05) is 27.7 Å². The van der Waals surface area contributed by atoms with Crippen molar-refractivity contribution in [3.8, 4) is 5.75 Å². The Morgan fingerprint density at radius 2 is 1.05 bits per heavy atom. The number of benzene rings is 1. The summed E-state index contributed by atoms with van der Waals surface area (Å²) in [5, 5.41) is 55.0. The fourth-order valence-corrected chi connectivity index (χ4v) is 12.3. The lowest BCUT2D eigenvalue weighted by molar-refractivity contribution is -0.144. The number of Topliss-reactive ketones (excluding diaryl/α,β-unsaturated/α-hetero) is 5. The summed E-state index contributed by atoms with van der Waals surface area (Å²) in [5.74, 6) is -16.5. The molecule has 2 rings (SSSR count). The normalized spacial score (nSPS) is 16.2. The number of nitrogens with one attached hydrogen (secondary N) is 5. The van der Waals surface area contributed by atoms with Gasteiger partial charge in [0.05, 0.1) is 49.1 Å². The first-order valence-electron chi connectivity index (χ1n) is 33.9. The molecule has 556 valence electrons. The van der Waals surface area contributed by atoms with Crippen LogP contribution in [0.5, 0.6) is 5.75 Å². The Balaban J connectivity index is 2.47. The second-order valence-electron chi connectivity index (χ2n) is 26.5. The quantitative estimate of drug-likeness (QED) is 0.0225. The van der Waals surface area contributed by atoms with Crippen LogP contribution in [0, 0.1) is 41.4 Å². The molecule has 12 atom stereocenters. The average molecular weight is 1420 g/mol. The van der Waals surface area contributed by atoms with E-state index in [0.29, 0.717) is 24.2 Å². The average Bonchev–Trinajstić information content (AvgIpc) is 1.76. The van der Waals surface area contributed by atoms with Crippen LogP contribution in [-0.4, -0.2) is 201 Å². The van der Waals surface area contributed by atoms with E-state index in [1.165, 1.54) is 47.9 Å². The minimum atomic E-state index is -1.79. The van der Waals surface area contributed by atoms with Gasteiger partial charge in [-0.15, -0.1) is 0 Å². The number of unbranched alkanes of at least 4 members (excludes halogenated alkanes) is 1. The first-order valence-corrected chi connectivity index (χ1v) is 35.3. The third kappa shape index (κ3) is 33.1. The minimum Gasteiger partial charge on any atom is -0.508 e. The number of aromatic hydroxyl groups is 1. The maximum Gasteiger partial charge on any atom is 0.304 e. The van der Waals surface area contributed by atoms with Crippen molar-refractivity contribution in [2.75, 3.05) is 44.8 Å². The molecule has 1 aliphatic heterocycles. The van der Waals surface area contributed by atoms with Crippen LogP contribution in [0.3, 0.4) is 0 Å². The number of aliphatic imine (C=N–C) groups is 2. The predicted molar refractivity (Wildman–Crippen MR) is 372 cm³/mol. The zero-order valence-corrected chi connectivity index (χ0v) is 59.2. The summed E-state index contributed by atoms with van der Waals surface area (Å²) in [4.78, 5) is 188. The van der Waals surface area contributed by atoms with Crippen LogP contribution >= 0.6 is 11.8 Å². The van der Waals surface area contributed by atoms with Crippen molar-refractivity contribution in [2.24, 2.45) is 85.8 Å². The first kappa shape index (κ1) is 87.0. The summed E-state index contributed by atoms with van der Waals surface area (Å²) in [5.41, 5.74) is 34.0. The number of phenols is 1. The molecule has 0 radical (unpaired) electrons. The number of carboxylic acid groups (broad SMARTS) is 1. The third-order valence-electron chi connectivity index (χ3n) is 16.9. The molecule has 0 aliphatic carbocycles. The van der Waals surface area contributed by atoms with Gasteiger partial charge in [0.15, 0.2) is 35.1 Å². The highest BCUT2D eigenvalue weighted by atomic mass is 32.2. The van der Waals surface area contributed by atoms with Crippen LogP contribution in [0.15, 0.2) is 34.3 Å². The third-order valence-corrected chi connectivity index (χ3v) is 17.6. The molecule has 0 saturated carbocycles. The van der Waals surface area contributed by atoms with Crippen molar-refractivity contribution in [3.63, 3.8) is 0 Å². The van der Waals surface area contributed by atoms with Gasteiger partial charge in [-0.05, 0) is 145 Å². The maximum absolute atomic E-state index is 14.6. The Bertz CT molecular complexity index is 2920. The number of hydrogen-bond donors (Lipinski definition) is 15. The molecule has 1 aromatic rings. The van der Waals surface area contributed by atoms with E-state index in [4.69, 9.17) is 34.4 Å². The summed E-state index contributed by atoms with van der Waals surface area (Å²) in [6.07, 6.45) is -1.50. The molecule has 21 N–H and O–H groups in total. The number of nitrogens with zero attached hydrogens (tertiary/aromatic N) is 3. The number of aliphatic hydroxyl groups is 2. The topological polar surface area (TPSA) is 547 Å². The number of rotatable bonds is 51. The Hall–Kier alpha value is -8.10. The van der Waals surface area contributed by atoms with Gasteiger partial charge in [0.2, 0.25) is 41.4 Å². The molecule has 1 heterocycles. The van der Waals surface area contributed by atoms with Gasteiger partial charge in [-0.25, -0.2) is 0 Å². The number of nitrogens with two attached hydrogens (primary N) is 6. The van der Waals surface area contributed by atoms with Crippen LogP contribution in [0.25, 0.3) is 0 Å².